The van der Waals surface area contributed by atoms with E-state index in [9.17, 15) is 0 Å². The van der Waals surface area contributed by atoms with Crippen molar-refractivity contribution in [1.82, 2.24) is 13.7 Å². The van der Waals surface area contributed by atoms with Gasteiger partial charge >= 0.3 is 0 Å². The molecule has 0 aliphatic heterocycles. The number of hydrogen-bond donors (Lipinski definition) is 0. The molecular weight excluding hydrogens is 763 g/mol. The molecule has 9 aromatic carbocycles. The number of hydrogen-bond acceptors (Lipinski definition) is 0. The predicted molar refractivity (Wildman–Crippen MR) is 264 cm³/mol. The van der Waals surface area contributed by atoms with Crippen molar-refractivity contribution in [3.05, 3.63) is 235 Å². The van der Waals surface area contributed by atoms with Crippen LogP contribution in [-0.4, -0.2) is 13.7 Å². The smallest absolute Gasteiger partial charge is 0.0541 e. The highest BCUT2D eigenvalue weighted by Gasteiger charge is 2.32. The third-order valence-electron chi connectivity index (χ3n) is 14.3. The zero-order chi connectivity index (χ0) is 41.4. The largest absolute Gasteiger partial charge is 0.309 e. The number of nitrogens with zero attached hydrogens (tertiary/aromatic N) is 3. The van der Waals surface area contributed by atoms with E-state index < -0.39 is 0 Å². The molecule has 0 N–H and O–H groups in total. The molecule has 63 heavy (non-hydrogen) atoms. The molecule has 0 unspecified atom stereocenters. The molecule has 0 amide bonds. The van der Waals surface area contributed by atoms with Gasteiger partial charge in [-0.05, 0) is 127 Å². The van der Waals surface area contributed by atoms with E-state index in [1.807, 2.05) is 0 Å². The second-order valence-electron chi connectivity index (χ2n) is 17.7. The molecule has 0 saturated heterocycles. The molecule has 0 radical (unpaired) electrons. The van der Waals surface area contributed by atoms with Crippen molar-refractivity contribution in [3.63, 3.8) is 0 Å². The van der Waals surface area contributed by atoms with Crippen molar-refractivity contribution in [2.75, 3.05) is 0 Å². The van der Waals surface area contributed by atoms with Crippen molar-refractivity contribution < 1.29 is 0 Å². The summed E-state index contributed by atoms with van der Waals surface area (Å²) in [5.41, 5.74) is 15.4. The first-order valence-corrected chi connectivity index (χ1v) is 22.5. The fourth-order valence-corrected chi connectivity index (χ4v) is 11.4. The Kier molecular flexibility index (Phi) is 8.30. The maximum Gasteiger partial charge on any atom is 0.0541 e. The van der Waals surface area contributed by atoms with Crippen LogP contribution in [-0.2, 0) is 0 Å². The molecule has 1 aliphatic carbocycles. The van der Waals surface area contributed by atoms with Gasteiger partial charge in [0.1, 0.15) is 0 Å². The summed E-state index contributed by atoms with van der Waals surface area (Å²) in [7, 11) is 0. The maximum atomic E-state index is 2.43. The van der Waals surface area contributed by atoms with Gasteiger partial charge in [0.25, 0.3) is 0 Å². The summed E-state index contributed by atoms with van der Waals surface area (Å²) in [6.07, 6.45) is 3.37. The summed E-state index contributed by atoms with van der Waals surface area (Å²) in [6.45, 7) is 0. The minimum atomic E-state index is 0.426. The van der Waals surface area contributed by atoms with Crippen LogP contribution in [0.2, 0.25) is 0 Å². The molecule has 1 aliphatic rings. The van der Waals surface area contributed by atoms with Crippen LogP contribution in [0.15, 0.2) is 218 Å². The highest BCUT2D eigenvalue weighted by atomic mass is 15.0. The van der Waals surface area contributed by atoms with E-state index in [0.29, 0.717) is 17.8 Å². The Balaban J connectivity index is 0.873. The maximum absolute atomic E-state index is 2.43. The molecular formula is C60H45N3. The zero-order valence-corrected chi connectivity index (χ0v) is 35.0. The van der Waals surface area contributed by atoms with Crippen LogP contribution in [0.5, 0.6) is 0 Å². The minimum absolute atomic E-state index is 0.426. The Morgan fingerprint density at radius 1 is 0.222 bits per heavy atom. The first-order chi connectivity index (χ1) is 31.2. The molecule has 0 bridgehead atoms. The van der Waals surface area contributed by atoms with Gasteiger partial charge in [0.15, 0.2) is 0 Å². The molecule has 3 heterocycles. The molecule has 3 nitrogen and oxygen atoms in total. The summed E-state index contributed by atoms with van der Waals surface area (Å²) in [4.78, 5) is 0. The van der Waals surface area contributed by atoms with E-state index in [0.717, 1.165) is 19.3 Å². The van der Waals surface area contributed by atoms with Gasteiger partial charge in [-0.2, -0.15) is 0 Å². The highest BCUT2D eigenvalue weighted by molar-refractivity contribution is 6.11. The van der Waals surface area contributed by atoms with Crippen LogP contribution in [0.4, 0.5) is 0 Å². The first-order valence-electron chi connectivity index (χ1n) is 22.5. The van der Waals surface area contributed by atoms with Crippen molar-refractivity contribution in [3.8, 4) is 17.1 Å². The Bertz CT molecular complexity index is 3100. The summed E-state index contributed by atoms with van der Waals surface area (Å²) in [5.74, 6) is 1.28. The second kappa shape index (κ2) is 14.5. The number of para-hydroxylation sites is 6. The van der Waals surface area contributed by atoms with Gasteiger partial charge in [0, 0.05) is 49.4 Å². The lowest BCUT2D eigenvalue weighted by molar-refractivity contribution is 0.351. The van der Waals surface area contributed by atoms with Crippen molar-refractivity contribution in [2.24, 2.45) is 0 Å². The first kappa shape index (κ1) is 36.1. The normalized spacial score (nSPS) is 16.9. The summed E-state index contributed by atoms with van der Waals surface area (Å²) in [6, 6.07) is 81.4. The average Bonchev–Trinajstić information content (AvgIpc) is 4.00. The lowest BCUT2D eigenvalue weighted by Crippen LogP contribution is -2.20. The third kappa shape index (κ3) is 5.80. The molecule has 300 valence electrons. The van der Waals surface area contributed by atoms with Gasteiger partial charge in [0.2, 0.25) is 0 Å². The van der Waals surface area contributed by atoms with Gasteiger partial charge < -0.3 is 13.7 Å². The Morgan fingerprint density at radius 3 is 0.619 bits per heavy atom. The van der Waals surface area contributed by atoms with Gasteiger partial charge in [-0.1, -0.05) is 146 Å². The lowest BCUT2D eigenvalue weighted by Gasteiger charge is -2.36. The van der Waals surface area contributed by atoms with Gasteiger partial charge in [-0.3, -0.25) is 0 Å². The quantitative estimate of drug-likeness (QED) is 0.159. The number of aromatic nitrogens is 3. The predicted octanol–water partition coefficient (Wildman–Crippen LogP) is 15.8. The van der Waals surface area contributed by atoms with Crippen molar-refractivity contribution in [1.29, 1.82) is 0 Å². The van der Waals surface area contributed by atoms with E-state index >= 15 is 0 Å². The Morgan fingerprint density at radius 2 is 0.413 bits per heavy atom. The van der Waals surface area contributed by atoms with Crippen LogP contribution < -0.4 is 0 Å². The molecule has 1 fully saturated rings. The third-order valence-corrected chi connectivity index (χ3v) is 14.3. The van der Waals surface area contributed by atoms with E-state index in [4.69, 9.17) is 0 Å². The van der Waals surface area contributed by atoms with Crippen LogP contribution >= 0.6 is 0 Å². The number of fused-ring (bicyclic) bond motifs is 9. The Labute approximate surface area is 366 Å². The van der Waals surface area contributed by atoms with Gasteiger partial charge in [-0.25, -0.2) is 0 Å². The van der Waals surface area contributed by atoms with Crippen molar-refractivity contribution >= 4 is 65.4 Å². The number of benzene rings is 9. The molecule has 3 heteroatoms. The monoisotopic (exact) mass is 807 g/mol. The standard InChI is InChI=1S/C60H45N3/c1-7-19-55-49(13-1)50-14-2-8-20-56(50)61(55)46-31-25-40(26-32-46)43-37-44(41-27-33-47(34-28-41)62-57-21-9-3-15-51(57)52-16-4-10-22-58(52)62)39-45(38-43)42-29-35-48(36-30-42)63-59-23-11-5-17-53(59)54-18-6-12-24-60(54)63/h1-36,43-45H,37-39H2. The molecule has 13 rings (SSSR count). The van der Waals surface area contributed by atoms with E-state index in [-0.39, 0.29) is 0 Å². The van der Waals surface area contributed by atoms with E-state index in [2.05, 4.69) is 232 Å². The fourth-order valence-electron chi connectivity index (χ4n) is 11.4. The minimum Gasteiger partial charge on any atom is -0.309 e. The van der Waals surface area contributed by atoms with Crippen LogP contribution in [0.3, 0.4) is 0 Å². The highest BCUT2D eigenvalue weighted by Crippen LogP contribution is 2.49. The summed E-state index contributed by atoms with van der Waals surface area (Å²) < 4.78 is 7.29. The van der Waals surface area contributed by atoms with E-state index in [1.54, 1.807) is 0 Å². The second-order valence-corrected chi connectivity index (χ2v) is 17.7. The summed E-state index contributed by atoms with van der Waals surface area (Å²) in [5, 5.41) is 7.77. The number of rotatable bonds is 6. The van der Waals surface area contributed by atoms with Gasteiger partial charge in [0.05, 0.1) is 33.1 Å². The topological polar surface area (TPSA) is 14.8 Å². The molecule has 1 saturated carbocycles. The van der Waals surface area contributed by atoms with Crippen molar-refractivity contribution in [2.45, 2.75) is 37.0 Å². The van der Waals surface area contributed by atoms with Crippen LogP contribution in [0.25, 0.3) is 82.5 Å². The van der Waals surface area contributed by atoms with Crippen LogP contribution in [0, 0.1) is 0 Å². The Hall–Kier alpha value is -7.62. The molecule has 0 atom stereocenters. The average molecular weight is 808 g/mol. The van der Waals surface area contributed by atoms with Gasteiger partial charge in [-0.15, -0.1) is 0 Å². The molecule has 12 aromatic rings. The lowest BCUT2D eigenvalue weighted by atomic mass is 9.68. The SMILES string of the molecule is c1ccc2c(c1)c1ccccc1n2-c1ccc(C2CC(c3ccc(-n4c5ccccc5c5ccccc54)cc3)CC(c3ccc(-n4c5ccccc5c5ccccc54)cc3)C2)cc1. The summed E-state index contributed by atoms with van der Waals surface area (Å²) >= 11 is 0. The zero-order valence-electron chi connectivity index (χ0n) is 35.0. The van der Waals surface area contributed by atoms with Crippen LogP contribution in [0.1, 0.15) is 53.7 Å². The van der Waals surface area contributed by atoms with E-state index in [1.165, 1.54) is 99.2 Å². The molecule has 3 aromatic heterocycles. The molecule has 0 spiro atoms. The fraction of sp³-hybridized carbons (Fsp3) is 0.100.